The Morgan fingerprint density at radius 1 is 1.10 bits per heavy atom. The van der Waals surface area contributed by atoms with Crippen LogP contribution < -0.4 is 13.8 Å². The average Bonchev–Trinajstić information content (AvgIpc) is 2.67. The quantitative estimate of drug-likeness (QED) is 0.630. The average molecular weight is 441 g/mol. The van der Waals surface area contributed by atoms with E-state index >= 15 is 0 Å². The maximum atomic E-state index is 13.0. The van der Waals surface area contributed by atoms with Crippen LogP contribution in [0.3, 0.4) is 0 Å². The number of halogens is 1. The van der Waals surface area contributed by atoms with E-state index in [1.165, 1.54) is 25.0 Å². The highest BCUT2D eigenvalue weighted by Gasteiger charge is 2.33. The third-order valence-electron chi connectivity index (χ3n) is 4.40. The van der Waals surface area contributed by atoms with Crippen LogP contribution in [-0.4, -0.2) is 52.8 Å². The second-order valence-electron chi connectivity index (χ2n) is 6.59. The Bertz CT molecular complexity index is 963. The van der Waals surface area contributed by atoms with Crippen molar-refractivity contribution in [1.82, 2.24) is 4.90 Å². The molecule has 2 aromatic carbocycles. The topological polar surface area (TPSA) is 76.2 Å². The number of rotatable bonds is 8. The lowest BCUT2D eigenvalue weighted by Crippen LogP contribution is -2.48. The summed E-state index contributed by atoms with van der Waals surface area (Å²) >= 11 is 6.06. The summed E-state index contributed by atoms with van der Waals surface area (Å²) in [7, 11) is 0.833. The van der Waals surface area contributed by atoms with Gasteiger partial charge in [0, 0.05) is 18.6 Å². The van der Waals surface area contributed by atoms with Gasteiger partial charge in [0.25, 0.3) is 0 Å². The Hall–Kier alpha value is -2.45. The molecule has 2 rings (SSSR count). The Morgan fingerprint density at radius 2 is 1.72 bits per heavy atom. The highest BCUT2D eigenvalue weighted by Crippen LogP contribution is 2.34. The van der Waals surface area contributed by atoms with Crippen molar-refractivity contribution >= 4 is 33.2 Å². The van der Waals surface area contributed by atoms with Gasteiger partial charge in [-0.05, 0) is 42.8 Å². The second-order valence-corrected chi connectivity index (χ2v) is 8.89. The largest absolute Gasteiger partial charge is 0.497 e. The first kappa shape index (κ1) is 22.8. The smallest absolute Gasteiger partial charge is 0.246 e. The molecule has 0 unspecified atom stereocenters. The van der Waals surface area contributed by atoms with Crippen molar-refractivity contribution in [2.24, 2.45) is 0 Å². The minimum absolute atomic E-state index is 0.209. The van der Waals surface area contributed by atoms with Crippen molar-refractivity contribution in [3.63, 3.8) is 0 Å². The second kappa shape index (κ2) is 9.37. The molecule has 0 aliphatic carbocycles. The minimum Gasteiger partial charge on any atom is -0.497 e. The van der Waals surface area contributed by atoms with Crippen LogP contribution in [0.1, 0.15) is 12.5 Å². The van der Waals surface area contributed by atoms with Crippen LogP contribution in [0.15, 0.2) is 42.5 Å². The zero-order valence-corrected chi connectivity index (χ0v) is 18.6. The predicted molar refractivity (Wildman–Crippen MR) is 114 cm³/mol. The number of carbonyl (C=O) groups excluding carboxylic acids is 1. The number of likely N-dealkylation sites (N-methyl/N-ethyl adjacent to an activating group) is 1. The SMILES string of the molecule is COc1ccc(CN(C)C(=O)[C@@H](C)N(c2cc(Cl)ccc2OC)S(C)(=O)=O)cc1. The summed E-state index contributed by atoms with van der Waals surface area (Å²) in [5.41, 5.74) is 1.10. The summed E-state index contributed by atoms with van der Waals surface area (Å²) in [5, 5.41) is 0.334. The zero-order valence-electron chi connectivity index (χ0n) is 17.0. The number of benzene rings is 2. The summed E-state index contributed by atoms with van der Waals surface area (Å²) in [5.74, 6) is 0.651. The van der Waals surface area contributed by atoms with Gasteiger partial charge in [-0.3, -0.25) is 9.10 Å². The molecule has 0 N–H and O–H groups in total. The van der Waals surface area contributed by atoms with Gasteiger partial charge < -0.3 is 14.4 Å². The lowest BCUT2D eigenvalue weighted by Gasteiger charge is -2.32. The lowest BCUT2D eigenvalue weighted by molar-refractivity contribution is -0.131. The van der Waals surface area contributed by atoms with Crippen molar-refractivity contribution in [3.05, 3.63) is 53.1 Å². The van der Waals surface area contributed by atoms with E-state index in [1.54, 1.807) is 38.4 Å². The van der Waals surface area contributed by atoms with Crippen LogP contribution >= 0.6 is 11.6 Å². The molecule has 0 bridgehead atoms. The maximum absolute atomic E-state index is 13.0. The van der Waals surface area contributed by atoms with Gasteiger partial charge in [-0.15, -0.1) is 0 Å². The minimum atomic E-state index is -3.80. The molecule has 29 heavy (non-hydrogen) atoms. The Morgan fingerprint density at radius 3 is 2.24 bits per heavy atom. The van der Waals surface area contributed by atoms with Gasteiger partial charge in [0.15, 0.2) is 0 Å². The van der Waals surface area contributed by atoms with E-state index in [9.17, 15) is 13.2 Å². The molecule has 0 aliphatic rings. The number of anilines is 1. The Labute approximate surface area is 176 Å². The molecule has 0 radical (unpaired) electrons. The van der Waals surface area contributed by atoms with Crippen LogP contribution in [0.4, 0.5) is 5.69 Å². The summed E-state index contributed by atoms with van der Waals surface area (Å²) in [6, 6.07) is 10.9. The molecule has 158 valence electrons. The number of hydrogen-bond acceptors (Lipinski definition) is 5. The fraction of sp³-hybridized carbons (Fsp3) is 0.350. The number of ether oxygens (including phenoxy) is 2. The number of nitrogens with zero attached hydrogens (tertiary/aromatic N) is 2. The number of sulfonamides is 1. The molecule has 7 nitrogen and oxygen atoms in total. The molecule has 2 aromatic rings. The first-order valence-electron chi connectivity index (χ1n) is 8.79. The highest BCUT2D eigenvalue weighted by atomic mass is 35.5. The normalized spacial score (nSPS) is 12.2. The molecular weight excluding hydrogens is 416 g/mol. The van der Waals surface area contributed by atoms with E-state index in [4.69, 9.17) is 21.1 Å². The Balaban J connectivity index is 2.32. The third-order valence-corrected chi connectivity index (χ3v) is 5.86. The molecular formula is C20H25ClN2O5S. The van der Waals surface area contributed by atoms with E-state index < -0.39 is 16.1 Å². The van der Waals surface area contributed by atoms with Crippen molar-refractivity contribution in [2.75, 3.05) is 31.8 Å². The molecule has 0 fully saturated rings. The molecule has 0 spiro atoms. The van der Waals surface area contributed by atoms with Crippen molar-refractivity contribution in [1.29, 1.82) is 0 Å². The van der Waals surface area contributed by atoms with Gasteiger partial charge in [-0.2, -0.15) is 0 Å². The fourth-order valence-corrected chi connectivity index (χ4v) is 4.34. The standard InChI is InChI=1S/C20H25ClN2O5S/c1-14(20(24)22(2)13-15-6-9-17(27-3)10-7-15)23(29(5,25)26)18-12-16(21)8-11-19(18)28-4/h6-12,14H,13H2,1-5H3/t14-/m1/s1. The van der Waals surface area contributed by atoms with E-state index in [0.29, 0.717) is 23.1 Å². The molecule has 0 aliphatic heterocycles. The van der Waals surface area contributed by atoms with Gasteiger partial charge in [0.05, 0.1) is 26.2 Å². The van der Waals surface area contributed by atoms with E-state index in [0.717, 1.165) is 16.1 Å². The first-order chi connectivity index (χ1) is 13.6. The van der Waals surface area contributed by atoms with Crippen LogP contribution in [0, 0.1) is 0 Å². The molecule has 0 saturated heterocycles. The van der Waals surface area contributed by atoms with Crippen molar-refractivity contribution in [3.8, 4) is 11.5 Å². The van der Waals surface area contributed by atoms with Gasteiger partial charge >= 0.3 is 0 Å². The highest BCUT2D eigenvalue weighted by molar-refractivity contribution is 7.92. The fourth-order valence-electron chi connectivity index (χ4n) is 3.01. The zero-order chi connectivity index (χ0) is 21.8. The number of amides is 1. The Kier molecular flexibility index (Phi) is 7.37. The predicted octanol–water partition coefficient (Wildman–Crippen LogP) is 3.17. The first-order valence-corrected chi connectivity index (χ1v) is 11.0. The van der Waals surface area contributed by atoms with Crippen LogP contribution in [0.5, 0.6) is 11.5 Å². The lowest BCUT2D eigenvalue weighted by atomic mass is 10.2. The molecule has 0 saturated carbocycles. The van der Waals surface area contributed by atoms with Crippen molar-refractivity contribution in [2.45, 2.75) is 19.5 Å². The van der Waals surface area contributed by atoms with Gasteiger partial charge in [0.2, 0.25) is 15.9 Å². The molecule has 1 atom stereocenters. The number of hydrogen-bond donors (Lipinski definition) is 0. The van der Waals surface area contributed by atoms with E-state index in [-0.39, 0.29) is 11.6 Å². The number of methoxy groups -OCH3 is 2. The summed E-state index contributed by atoms with van der Waals surface area (Å²) in [4.78, 5) is 14.5. The van der Waals surface area contributed by atoms with Crippen LogP contribution in [0.25, 0.3) is 0 Å². The molecule has 0 aromatic heterocycles. The van der Waals surface area contributed by atoms with Gasteiger partial charge in [-0.1, -0.05) is 23.7 Å². The number of carbonyl (C=O) groups is 1. The maximum Gasteiger partial charge on any atom is 0.246 e. The van der Waals surface area contributed by atoms with Gasteiger partial charge in [0.1, 0.15) is 17.5 Å². The molecule has 1 amide bonds. The summed E-state index contributed by atoms with van der Waals surface area (Å²) in [6.45, 7) is 1.85. The van der Waals surface area contributed by atoms with Crippen LogP contribution in [-0.2, 0) is 21.4 Å². The van der Waals surface area contributed by atoms with Gasteiger partial charge in [-0.25, -0.2) is 8.42 Å². The summed E-state index contributed by atoms with van der Waals surface area (Å²) < 4.78 is 36.6. The monoisotopic (exact) mass is 440 g/mol. The molecule has 9 heteroatoms. The summed E-state index contributed by atoms with van der Waals surface area (Å²) in [6.07, 6.45) is 1.04. The van der Waals surface area contributed by atoms with E-state index in [1.807, 2.05) is 12.1 Å². The van der Waals surface area contributed by atoms with Crippen LogP contribution in [0.2, 0.25) is 5.02 Å². The molecule has 0 heterocycles. The van der Waals surface area contributed by atoms with E-state index in [2.05, 4.69) is 0 Å². The third kappa shape index (κ3) is 5.55. The van der Waals surface area contributed by atoms with Crippen molar-refractivity contribution < 1.29 is 22.7 Å².